The summed E-state index contributed by atoms with van der Waals surface area (Å²) >= 11 is 0. The van der Waals surface area contributed by atoms with E-state index < -0.39 is 0 Å². The van der Waals surface area contributed by atoms with Gasteiger partial charge in [-0.1, -0.05) is 42.5 Å². The lowest BCUT2D eigenvalue weighted by Gasteiger charge is -2.25. The minimum Gasteiger partial charge on any atom is -0.497 e. The summed E-state index contributed by atoms with van der Waals surface area (Å²) in [4.78, 5) is 24.7. The molecule has 0 unspecified atom stereocenters. The van der Waals surface area contributed by atoms with Gasteiger partial charge in [0.25, 0.3) is 0 Å². The van der Waals surface area contributed by atoms with E-state index in [2.05, 4.69) is 22.3 Å². The quantitative estimate of drug-likeness (QED) is 0.258. The van der Waals surface area contributed by atoms with Crippen LogP contribution in [0.3, 0.4) is 0 Å². The summed E-state index contributed by atoms with van der Waals surface area (Å²) in [6.07, 6.45) is 2.73. The van der Waals surface area contributed by atoms with E-state index in [4.69, 9.17) is 19.1 Å². The molecule has 5 aromatic rings. The van der Waals surface area contributed by atoms with Gasteiger partial charge in [-0.15, -0.1) is 0 Å². The van der Waals surface area contributed by atoms with Crippen molar-refractivity contribution in [2.24, 2.45) is 0 Å². The fourth-order valence-corrected chi connectivity index (χ4v) is 4.18. The predicted octanol–water partition coefficient (Wildman–Crippen LogP) is 5.98. The van der Waals surface area contributed by atoms with Crippen LogP contribution in [0.15, 0.2) is 102 Å². The molecular formula is C30H28N4O3. The van der Waals surface area contributed by atoms with E-state index in [1.807, 2.05) is 78.9 Å². The zero-order valence-electron chi connectivity index (χ0n) is 20.6. The Morgan fingerprint density at radius 2 is 1.68 bits per heavy atom. The number of para-hydroxylation sites is 1. The molecule has 7 heteroatoms. The Morgan fingerprint density at radius 3 is 2.43 bits per heavy atom. The van der Waals surface area contributed by atoms with Crippen LogP contribution in [-0.4, -0.2) is 36.1 Å². The van der Waals surface area contributed by atoms with Crippen molar-refractivity contribution < 1.29 is 13.9 Å². The minimum atomic E-state index is -0.0699. The molecule has 7 nitrogen and oxygen atoms in total. The lowest BCUT2D eigenvalue weighted by atomic mass is 10.1. The van der Waals surface area contributed by atoms with Crippen LogP contribution in [-0.2, 0) is 11.2 Å². The van der Waals surface area contributed by atoms with Gasteiger partial charge in [-0.25, -0.2) is 9.97 Å². The summed E-state index contributed by atoms with van der Waals surface area (Å²) in [5, 5.41) is 3.91. The Kier molecular flexibility index (Phi) is 7.41. The Bertz CT molecular complexity index is 1450. The highest BCUT2D eigenvalue weighted by Gasteiger charge is 2.18. The molecule has 1 N–H and O–H groups in total. The number of hydrogen-bond acceptors (Lipinski definition) is 6. The fourth-order valence-electron chi connectivity index (χ4n) is 4.18. The number of nitrogens with zero attached hydrogens (tertiary/aromatic N) is 3. The Balaban J connectivity index is 1.42. The molecule has 0 saturated heterocycles. The number of furan rings is 1. The first-order chi connectivity index (χ1) is 18.2. The SMILES string of the molecule is COc1ccc(NC(=O)CCN(CCc2ccccc2)c2nc(-c3ccco3)nc3ccccc23)cc1. The van der Waals surface area contributed by atoms with E-state index in [0.29, 0.717) is 31.1 Å². The second-order valence-corrected chi connectivity index (χ2v) is 8.61. The molecular weight excluding hydrogens is 464 g/mol. The summed E-state index contributed by atoms with van der Waals surface area (Å²) in [6.45, 7) is 1.19. The van der Waals surface area contributed by atoms with Gasteiger partial charge in [0.05, 0.1) is 18.9 Å². The van der Waals surface area contributed by atoms with Crippen molar-refractivity contribution in [3.63, 3.8) is 0 Å². The van der Waals surface area contributed by atoms with Crippen LogP contribution in [0, 0.1) is 0 Å². The number of carbonyl (C=O) groups excluding carboxylic acids is 1. The number of ether oxygens (including phenoxy) is 1. The fraction of sp³-hybridized carbons (Fsp3) is 0.167. The van der Waals surface area contributed by atoms with Gasteiger partial charge in [0.2, 0.25) is 5.91 Å². The Hall–Kier alpha value is -4.65. The second-order valence-electron chi connectivity index (χ2n) is 8.61. The van der Waals surface area contributed by atoms with Crippen molar-refractivity contribution in [3.8, 4) is 17.3 Å². The van der Waals surface area contributed by atoms with Gasteiger partial charge in [-0.2, -0.15) is 0 Å². The van der Waals surface area contributed by atoms with E-state index in [0.717, 1.165) is 34.6 Å². The van der Waals surface area contributed by atoms with Crippen LogP contribution in [0.1, 0.15) is 12.0 Å². The number of nitrogens with one attached hydrogen (secondary N) is 1. The monoisotopic (exact) mass is 492 g/mol. The number of anilines is 2. The molecule has 0 aliphatic rings. The third-order valence-corrected chi connectivity index (χ3v) is 6.12. The first kappa shape index (κ1) is 24.1. The number of rotatable bonds is 10. The summed E-state index contributed by atoms with van der Waals surface area (Å²) < 4.78 is 10.8. The zero-order valence-corrected chi connectivity index (χ0v) is 20.6. The summed E-state index contributed by atoms with van der Waals surface area (Å²) in [5.74, 6) is 2.58. The van der Waals surface area contributed by atoms with Crippen molar-refractivity contribution in [1.29, 1.82) is 0 Å². The van der Waals surface area contributed by atoms with E-state index in [9.17, 15) is 4.79 Å². The van der Waals surface area contributed by atoms with E-state index in [1.165, 1.54) is 5.56 Å². The molecule has 0 aliphatic heterocycles. The summed E-state index contributed by atoms with van der Waals surface area (Å²) in [5.41, 5.74) is 2.78. The van der Waals surface area contributed by atoms with Crippen LogP contribution >= 0.6 is 0 Å². The summed E-state index contributed by atoms with van der Waals surface area (Å²) in [7, 11) is 1.62. The number of aromatic nitrogens is 2. The highest BCUT2D eigenvalue weighted by Crippen LogP contribution is 2.28. The maximum Gasteiger partial charge on any atom is 0.226 e. The number of fused-ring (bicyclic) bond motifs is 1. The molecule has 2 heterocycles. The van der Waals surface area contributed by atoms with E-state index in [1.54, 1.807) is 13.4 Å². The molecule has 2 aromatic heterocycles. The van der Waals surface area contributed by atoms with Crippen LogP contribution in [0.4, 0.5) is 11.5 Å². The van der Waals surface area contributed by atoms with Crippen LogP contribution in [0.25, 0.3) is 22.5 Å². The number of methoxy groups -OCH3 is 1. The van der Waals surface area contributed by atoms with Crippen LogP contribution < -0.4 is 15.0 Å². The second kappa shape index (κ2) is 11.4. The first-order valence-corrected chi connectivity index (χ1v) is 12.2. The lowest BCUT2D eigenvalue weighted by molar-refractivity contribution is -0.116. The van der Waals surface area contributed by atoms with Gasteiger partial charge in [0, 0.05) is 30.6 Å². The van der Waals surface area contributed by atoms with Crippen LogP contribution in [0.5, 0.6) is 5.75 Å². The Morgan fingerprint density at radius 1 is 0.892 bits per heavy atom. The van der Waals surface area contributed by atoms with Crippen molar-refractivity contribution in [3.05, 3.63) is 103 Å². The Labute approximate surface area is 215 Å². The molecule has 37 heavy (non-hydrogen) atoms. The molecule has 0 saturated carbocycles. The topological polar surface area (TPSA) is 80.5 Å². The maximum absolute atomic E-state index is 12.9. The number of amides is 1. The van der Waals surface area contributed by atoms with Crippen molar-refractivity contribution in [2.45, 2.75) is 12.8 Å². The highest BCUT2D eigenvalue weighted by atomic mass is 16.5. The van der Waals surface area contributed by atoms with Gasteiger partial charge in [-0.3, -0.25) is 4.79 Å². The van der Waals surface area contributed by atoms with Gasteiger partial charge in [0.15, 0.2) is 11.6 Å². The molecule has 0 bridgehead atoms. The average molecular weight is 493 g/mol. The third-order valence-electron chi connectivity index (χ3n) is 6.12. The first-order valence-electron chi connectivity index (χ1n) is 12.2. The summed E-state index contributed by atoms with van der Waals surface area (Å²) in [6, 6.07) is 29.2. The molecule has 0 atom stereocenters. The predicted molar refractivity (Wildman–Crippen MR) is 146 cm³/mol. The van der Waals surface area contributed by atoms with Gasteiger partial charge in [0.1, 0.15) is 11.6 Å². The molecule has 0 radical (unpaired) electrons. The lowest BCUT2D eigenvalue weighted by Crippen LogP contribution is -2.31. The normalized spacial score (nSPS) is 10.8. The standard InChI is InChI=1S/C30H28N4O3/c1-36-24-15-13-23(14-16-24)31-28(35)18-20-34(19-17-22-8-3-2-4-9-22)30-25-10-5-6-11-26(25)32-29(33-30)27-12-7-21-37-27/h2-16,21H,17-20H2,1H3,(H,31,35). The van der Waals surface area contributed by atoms with Crippen molar-refractivity contribution >= 4 is 28.3 Å². The number of hydrogen-bond donors (Lipinski definition) is 1. The van der Waals surface area contributed by atoms with Gasteiger partial charge < -0.3 is 19.4 Å². The van der Waals surface area contributed by atoms with E-state index >= 15 is 0 Å². The van der Waals surface area contributed by atoms with Gasteiger partial charge in [-0.05, 0) is 60.5 Å². The van der Waals surface area contributed by atoms with Crippen molar-refractivity contribution in [2.75, 3.05) is 30.4 Å². The largest absolute Gasteiger partial charge is 0.497 e. The maximum atomic E-state index is 12.9. The molecule has 0 aliphatic carbocycles. The third kappa shape index (κ3) is 5.95. The number of benzene rings is 3. The molecule has 3 aromatic carbocycles. The van der Waals surface area contributed by atoms with Crippen molar-refractivity contribution in [1.82, 2.24) is 9.97 Å². The highest BCUT2D eigenvalue weighted by molar-refractivity contribution is 5.93. The smallest absolute Gasteiger partial charge is 0.226 e. The zero-order chi connectivity index (χ0) is 25.5. The molecule has 5 rings (SSSR count). The van der Waals surface area contributed by atoms with E-state index in [-0.39, 0.29) is 5.91 Å². The minimum absolute atomic E-state index is 0.0699. The molecule has 0 fully saturated rings. The van der Waals surface area contributed by atoms with Gasteiger partial charge >= 0.3 is 0 Å². The van der Waals surface area contributed by atoms with Crippen LogP contribution in [0.2, 0.25) is 0 Å². The molecule has 1 amide bonds. The average Bonchev–Trinajstić information content (AvgIpc) is 3.49. The number of carbonyl (C=O) groups is 1. The molecule has 0 spiro atoms. The molecule has 186 valence electrons.